The van der Waals surface area contributed by atoms with Crippen molar-refractivity contribution in [3.05, 3.63) is 53.5 Å². The van der Waals surface area contributed by atoms with Crippen molar-refractivity contribution in [2.45, 2.75) is 38.1 Å². The van der Waals surface area contributed by atoms with Crippen molar-refractivity contribution in [2.75, 3.05) is 5.32 Å². The Bertz CT molecular complexity index is 669. The lowest BCUT2D eigenvalue weighted by molar-refractivity contribution is -0.137. The molecule has 0 unspecified atom stereocenters. The van der Waals surface area contributed by atoms with E-state index in [1.165, 1.54) is 0 Å². The quantitative estimate of drug-likeness (QED) is 0.857. The lowest BCUT2D eigenvalue weighted by Crippen LogP contribution is -2.32. The van der Waals surface area contributed by atoms with Gasteiger partial charge in [-0.05, 0) is 25.3 Å². The number of rotatable bonds is 6. The summed E-state index contributed by atoms with van der Waals surface area (Å²) in [7, 11) is 0. The standard InChI is InChI=1S/C17H19N3O2/c1-11-9-15(20-16(18-11)13-7-8-13)19-14(17(21)22)10-12-5-3-2-4-6-12/h2-6,9,13-14H,7-8,10H2,1H3,(H,21,22)(H,18,19,20)/t14-/m0/s1. The van der Waals surface area contributed by atoms with E-state index in [-0.39, 0.29) is 0 Å². The summed E-state index contributed by atoms with van der Waals surface area (Å²) >= 11 is 0. The molecule has 1 atom stereocenters. The SMILES string of the molecule is Cc1cc(N[C@@H](Cc2ccccc2)C(=O)O)nc(C2CC2)n1. The van der Waals surface area contributed by atoms with Gasteiger partial charge in [0.25, 0.3) is 0 Å². The van der Waals surface area contributed by atoms with Crippen LogP contribution in [0.2, 0.25) is 0 Å². The highest BCUT2D eigenvalue weighted by atomic mass is 16.4. The first-order valence-corrected chi connectivity index (χ1v) is 7.50. The Hall–Kier alpha value is -2.43. The average Bonchev–Trinajstić information content (AvgIpc) is 3.31. The minimum atomic E-state index is -0.881. The summed E-state index contributed by atoms with van der Waals surface area (Å²) < 4.78 is 0. The first-order valence-electron chi connectivity index (χ1n) is 7.50. The molecule has 2 N–H and O–H groups in total. The van der Waals surface area contributed by atoms with Crippen LogP contribution in [0.3, 0.4) is 0 Å². The summed E-state index contributed by atoms with van der Waals surface area (Å²) in [6, 6.07) is 10.7. The van der Waals surface area contributed by atoms with Gasteiger partial charge in [0, 0.05) is 24.1 Å². The molecule has 1 aromatic carbocycles. The molecule has 1 aliphatic carbocycles. The van der Waals surface area contributed by atoms with Crippen molar-refractivity contribution in [1.82, 2.24) is 9.97 Å². The van der Waals surface area contributed by atoms with Crippen LogP contribution in [-0.4, -0.2) is 27.1 Å². The van der Waals surface area contributed by atoms with Crippen molar-refractivity contribution in [2.24, 2.45) is 0 Å². The zero-order valence-corrected chi connectivity index (χ0v) is 12.5. The summed E-state index contributed by atoms with van der Waals surface area (Å²) in [5.74, 6) is 0.982. The molecule has 1 aromatic heterocycles. The highest BCUT2D eigenvalue weighted by Gasteiger charge is 2.27. The summed E-state index contributed by atoms with van der Waals surface area (Å²) in [6.07, 6.45) is 2.66. The predicted molar refractivity (Wildman–Crippen MR) is 83.9 cm³/mol. The number of nitrogens with zero attached hydrogens (tertiary/aromatic N) is 2. The molecule has 1 saturated carbocycles. The minimum Gasteiger partial charge on any atom is -0.480 e. The Balaban J connectivity index is 1.77. The maximum atomic E-state index is 11.5. The number of carboxylic acid groups (broad SMARTS) is 1. The Morgan fingerprint density at radius 1 is 1.32 bits per heavy atom. The van der Waals surface area contributed by atoms with Crippen molar-refractivity contribution >= 4 is 11.8 Å². The van der Waals surface area contributed by atoms with Gasteiger partial charge in [0.2, 0.25) is 0 Å². The number of carbonyl (C=O) groups is 1. The molecule has 1 heterocycles. The summed E-state index contributed by atoms with van der Waals surface area (Å²) in [4.78, 5) is 20.4. The normalized spacial score (nSPS) is 15.3. The minimum absolute atomic E-state index is 0.415. The second kappa shape index (κ2) is 6.13. The molecular weight excluding hydrogens is 278 g/mol. The molecule has 114 valence electrons. The van der Waals surface area contributed by atoms with Crippen molar-refractivity contribution < 1.29 is 9.90 Å². The van der Waals surface area contributed by atoms with Crippen LogP contribution in [0.4, 0.5) is 5.82 Å². The van der Waals surface area contributed by atoms with E-state index in [2.05, 4.69) is 15.3 Å². The monoisotopic (exact) mass is 297 g/mol. The Kier molecular flexibility index (Phi) is 4.04. The van der Waals surface area contributed by atoms with E-state index in [9.17, 15) is 9.90 Å². The summed E-state index contributed by atoms with van der Waals surface area (Å²) in [5.41, 5.74) is 1.85. The van der Waals surface area contributed by atoms with Gasteiger partial charge in [-0.1, -0.05) is 30.3 Å². The molecule has 0 spiro atoms. The third-order valence-electron chi connectivity index (χ3n) is 3.72. The van der Waals surface area contributed by atoms with E-state index in [4.69, 9.17) is 0 Å². The molecule has 2 aromatic rings. The predicted octanol–water partition coefficient (Wildman–Crippen LogP) is 2.77. The van der Waals surface area contributed by atoms with Gasteiger partial charge in [-0.15, -0.1) is 0 Å². The molecule has 0 aliphatic heterocycles. The van der Waals surface area contributed by atoms with Crippen LogP contribution in [0.1, 0.15) is 35.8 Å². The largest absolute Gasteiger partial charge is 0.480 e. The number of carboxylic acids is 1. The van der Waals surface area contributed by atoms with Crippen LogP contribution in [0.25, 0.3) is 0 Å². The molecule has 0 saturated heterocycles. The van der Waals surface area contributed by atoms with E-state index in [0.717, 1.165) is 29.9 Å². The van der Waals surface area contributed by atoms with E-state index in [1.54, 1.807) is 6.07 Å². The molecule has 0 amide bonds. The molecule has 0 radical (unpaired) electrons. The molecule has 1 aliphatic rings. The van der Waals surface area contributed by atoms with E-state index in [1.807, 2.05) is 37.3 Å². The van der Waals surface area contributed by atoms with Gasteiger partial charge in [-0.25, -0.2) is 14.8 Å². The third kappa shape index (κ3) is 3.61. The zero-order valence-electron chi connectivity index (χ0n) is 12.5. The van der Waals surface area contributed by atoms with Crippen molar-refractivity contribution in [1.29, 1.82) is 0 Å². The van der Waals surface area contributed by atoms with Gasteiger partial charge >= 0.3 is 5.97 Å². The molecule has 1 fully saturated rings. The van der Waals surface area contributed by atoms with Crippen molar-refractivity contribution in [3.63, 3.8) is 0 Å². The van der Waals surface area contributed by atoms with E-state index in [0.29, 0.717) is 18.2 Å². The molecule has 22 heavy (non-hydrogen) atoms. The van der Waals surface area contributed by atoms with Crippen LogP contribution >= 0.6 is 0 Å². The fourth-order valence-electron chi connectivity index (χ4n) is 2.42. The number of hydrogen-bond donors (Lipinski definition) is 2. The van der Waals surface area contributed by atoms with Gasteiger partial charge in [-0.3, -0.25) is 0 Å². The third-order valence-corrected chi connectivity index (χ3v) is 3.72. The lowest BCUT2D eigenvalue weighted by Gasteiger charge is -2.16. The second-order valence-corrected chi connectivity index (χ2v) is 5.75. The van der Waals surface area contributed by atoms with Crippen LogP contribution in [-0.2, 0) is 11.2 Å². The number of aliphatic carboxylic acids is 1. The Labute approximate surface area is 129 Å². The van der Waals surface area contributed by atoms with Gasteiger partial charge in [0.1, 0.15) is 17.7 Å². The van der Waals surface area contributed by atoms with Gasteiger partial charge in [-0.2, -0.15) is 0 Å². The number of nitrogens with one attached hydrogen (secondary N) is 1. The van der Waals surface area contributed by atoms with E-state index < -0.39 is 12.0 Å². The van der Waals surface area contributed by atoms with Crippen LogP contribution < -0.4 is 5.32 Å². The summed E-state index contributed by atoms with van der Waals surface area (Å²) in [5, 5.41) is 12.5. The van der Waals surface area contributed by atoms with E-state index >= 15 is 0 Å². The summed E-state index contributed by atoms with van der Waals surface area (Å²) in [6.45, 7) is 1.91. The first kappa shape index (κ1) is 14.5. The zero-order chi connectivity index (χ0) is 15.5. The van der Waals surface area contributed by atoms with Crippen LogP contribution in [0.5, 0.6) is 0 Å². The van der Waals surface area contributed by atoms with Crippen molar-refractivity contribution in [3.8, 4) is 0 Å². The Morgan fingerprint density at radius 3 is 2.68 bits per heavy atom. The molecule has 3 rings (SSSR count). The van der Waals surface area contributed by atoms with Crippen LogP contribution in [0.15, 0.2) is 36.4 Å². The number of anilines is 1. The topological polar surface area (TPSA) is 75.1 Å². The van der Waals surface area contributed by atoms with Crippen LogP contribution in [0, 0.1) is 6.92 Å². The molecule has 5 heteroatoms. The maximum Gasteiger partial charge on any atom is 0.326 e. The van der Waals surface area contributed by atoms with Gasteiger partial charge in [0.05, 0.1) is 0 Å². The first-order chi connectivity index (χ1) is 10.6. The fourth-order valence-corrected chi connectivity index (χ4v) is 2.42. The highest BCUT2D eigenvalue weighted by molar-refractivity contribution is 5.77. The number of aromatic nitrogens is 2. The Morgan fingerprint density at radius 2 is 2.05 bits per heavy atom. The molecule has 0 bridgehead atoms. The number of benzene rings is 1. The van der Waals surface area contributed by atoms with Gasteiger partial charge < -0.3 is 10.4 Å². The fraction of sp³-hybridized carbons (Fsp3) is 0.353. The number of aryl methyl sites for hydroxylation is 1. The highest BCUT2D eigenvalue weighted by Crippen LogP contribution is 2.38. The average molecular weight is 297 g/mol. The maximum absolute atomic E-state index is 11.5. The molecular formula is C17H19N3O2. The number of hydrogen-bond acceptors (Lipinski definition) is 4. The lowest BCUT2D eigenvalue weighted by atomic mass is 10.1. The van der Waals surface area contributed by atoms with Gasteiger partial charge in [0.15, 0.2) is 0 Å². The second-order valence-electron chi connectivity index (χ2n) is 5.75. The molecule has 5 nitrogen and oxygen atoms in total. The smallest absolute Gasteiger partial charge is 0.326 e.